The van der Waals surface area contributed by atoms with Crippen LogP contribution in [0.25, 0.3) is 0 Å². The van der Waals surface area contributed by atoms with E-state index in [1.54, 1.807) is 18.7 Å². The van der Waals surface area contributed by atoms with Crippen LogP contribution in [0.15, 0.2) is 47.3 Å². The molecule has 0 spiro atoms. The summed E-state index contributed by atoms with van der Waals surface area (Å²) in [6.07, 6.45) is 6.95. The van der Waals surface area contributed by atoms with Crippen LogP contribution in [-0.2, 0) is 16.1 Å². The van der Waals surface area contributed by atoms with Crippen LogP contribution < -0.4 is 5.32 Å². The Morgan fingerprint density at radius 3 is 3.12 bits per heavy atom. The lowest BCUT2D eigenvalue weighted by Crippen LogP contribution is -2.51. The van der Waals surface area contributed by atoms with Gasteiger partial charge in [-0.2, -0.15) is 0 Å². The predicted molar refractivity (Wildman–Crippen MR) is 88.2 cm³/mol. The molecule has 1 N–H and O–H groups in total. The van der Waals surface area contributed by atoms with Crippen LogP contribution in [0.4, 0.5) is 5.69 Å². The lowest BCUT2D eigenvalue weighted by Gasteiger charge is -2.39. The van der Waals surface area contributed by atoms with Crippen molar-refractivity contribution >= 4 is 11.6 Å². The van der Waals surface area contributed by atoms with E-state index in [0.717, 1.165) is 37.4 Å². The normalized spacial score (nSPS) is 26.9. The van der Waals surface area contributed by atoms with E-state index in [9.17, 15) is 4.79 Å². The molecule has 3 atom stereocenters. The van der Waals surface area contributed by atoms with Crippen LogP contribution in [0.3, 0.4) is 0 Å². The highest BCUT2D eigenvalue weighted by molar-refractivity contribution is 5.92. The van der Waals surface area contributed by atoms with Gasteiger partial charge in [0.1, 0.15) is 5.76 Å². The number of pyridine rings is 1. The summed E-state index contributed by atoms with van der Waals surface area (Å²) < 4.78 is 11.4. The lowest BCUT2D eigenvalue weighted by atomic mass is 9.89. The Bertz CT molecular complexity index is 674. The average Bonchev–Trinajstić information content (AvgIpc) is 3.27. The first kappa shape index (κ1) is 15.4. The SMILES string of the molecule is O=C(Nc1cccnc1)[C@@H]1C[C@H]2OCC[C@H]2N(Cc2ccco2)C1. The fourth-order valence-corrected chi connectivity index (χ4v) is 3.71. The van der Waals surface area contributed by atoms with Crippen molar-refractivity contribution in [3.8, 4) is 0 Å². The predicted octanol–water partition coefficient (Wildman–Crippen LogP) is 2.29. The van der Waals surface area contributed by atoms with Crippen LogP contribution in [0.1, 0.15) is 18.6 Å². The molecule has 0 bridgehead atoms. The topological polar surface area (TPSA) is 67.6 Å². The van der Waals surface area contributed by atoms with Crippen LogP contribution in [0.5, 0.6) is 0 Å². The smallest absolute Gasteiger partial charge is 0.228 e. The third-order valence-corrected chi connectivity index (χ3v) is 4.85. The number of carbonyl (C=O) groups excluding carboxylic acids is 1. The molecule has 24 heavy (non-hydrogen) atoms. The molecule has 1 amide bonds. The summed E-state index contributed by atoms with van der Waals surface area (Å²) >= 11 is 0. The van der Waals surface area contributed by atoms with Crippen molar-refractivity contribution in [1.29, 1.82) is 0 Å². The van der Waals surface area contributed by atoms with Crippen molar-refractivity contribution < 1.29 is 13.9 Å². The van der Waals surface area contributed by atoms with Gasteiger partial charge in [-0.3, -0.25) is 14.7 Å². The van der Waals surface area contributed by atoms with E-state index in [-0.39, 0.29) is 17.9 Å². The Balaban J connectivity index is 1.46. The standard InChI is InChI=1S/C18H21N3O3/c22-18(20-14-3-1-6-19-10-14)13-9-17-16(5-8-24-17)21(11-13)12-15-4-2-7-23-15/h1-4,6-7,10,13,16-17H,5,8-9,11-12H2,(H,20,22)/t13-,16-,17-/m1/s1. The molecule has 0 unspecified atom stereocenters. The Morgan fingerprint density at radius 1 is 1.38 bits per heavy atom. The van der Waals surface area contributed by atoms with Gasteiger partial charge in [0.25, 0.3) is 0 Å². The van der Waals surface area contributed by atoms with E-state index in [1.807, 2.05) is 24.3 Å². The van der Waals surface area contributed by atoms with Gasteiger partial charge >= 0.3 is 0 Å². The zero-order chi connectivity index (χ0) is 16.4. The molecule has 2 fully saturated rings. The zero-order valence-electron chi connectivity index (χ0n) is 13.4. The molecular formula is C18H21N3O3. The van der Waals surface area contributed by atoms with E-state index < -0.39 is 0 Å². The number of anilines is 1. The molecule has 6 heteroatoms. The van der Waals surface area contributed by atoms with Crippen LogP contribution in [0.2, 0.25) is 0 Å². The Kier molecular flexibility index (Phi) is 4.32. The Morgan fingerprint density at radius 2 is 2.33 bits per heavy atom. The van der Waals surface area contributed by atoms with Crippen molar-refractivity contribution in [1.82, 2.24) is 9.88 Å². The number of fused-ring (bicyclic) bond motifs is 1. The number of likely N-dealkylation sites (tertiary alicyclic amines) is 1. The highest BCUT2D eigenvalue weighted by Crippen LogP contribution is 2.33. The maximum Gasteiger partial charge on any atom is 0.228 e. The number of hydrogen-bond acceptors (Lipinski definition) is 5. The third kappa shape index (κ3) is 3.20. The second-order valence-electron chi connectivity index (χ2n) is 6.44. The number of nitrogens with one attached hydrogen (secondary N) is 1. The molecule has 2 aliphatic rings. The average molecular weight is 327 g/mol. The van der Waals surface area contributed by atoms with E-state index in [2.05, 4.69) is 15.2 Å². The highest BCUT2D eigenvalue weighted by atomic mass is 16.5. The van der Waals surface area contributed by atoms with E-state index >= 15 is 0 Å². The molecular weight excluding hydrogens is 306 g/mol. The minimum atomic E-state index is -0.0977. The quantitative estimate of drug-likeness (QED) is 0.933. The van der Waals surface area contributed by atoms with Gasteiger partial charge < -0.3 is 14.5 Å². The number of hydrogen-bond donors (Lipinski definition) is 1. The summed E-state index contributed by atoms with van der Waals surface area (Å²) in [4.78, 5) is 19.0. The van der Waals surface area contributed by atoms with Crippen molar-refractivity contribution in [2.24, 2.45) is 5.92 Å². The van der Waals surface area contributed by atoms with E-state index in [1.165, 1.54) is 0 Å². The van der Waals surface area contributed by atoms with E-state index in [0.29, 0.717) is 12.6 Å². The number of rotatable bonds is 4. The lowest BCUT2D eigenvalue weighted by molar-refractivity contribution is -0.124. The minimum Gasteiger partial charge on any atom is -0.468 e. The van der Waals surface area contributed by atoms with Gasteiger partial charge in [0.05, 0.1) is 36.7 Å². The molecule has 2 aliphatic heterocycles. The molecule has 4 heterocycles. The van der Waals surface area contributed by atoms with Crippen molar-refractivity contribution in [2.75, 3.05) is 18.5 Å². The summed E-state index contributed by atoms with van der Waals surface area (Å²) in [5, 5.41) is 2.96. The number of ether oxygens (including phenoxy) is 1. The number of furan rings is 1. The molecule has 0 saturated carbocycles. The second-order valence-corrected chi connectivity index (χ2v) is 6.44. The molecule has 4 rings (SSSR count). The number of aromatic nitrogens is 1. The number of amides is 1. The molecule has 2 aromatic rings. The largest absolute Gasteiger partial charge is 0.468 e. The van der Waals surface area contributed by atoms with Gasteiger partial charge in [-0.1, -0.05) is 0 Å². The minimum absolute atomic E-state index is 0.0291. The first-order chi connectivity index (χ1) is 11.8. The summed E-state index contributed by atoms with van der Waals surface area (Å²) in [5.74, 6) is 0.856. The Labute approximate surface area is 140 Å². The van der Waals surface area contributed by atoms with E-state index in [4.69, 9.17) is 9.15 Å². The third-order valence-electron chi connectivity index (χ3n) is 4.85. The van der Waals surface area contributed by atoms with Crippen LogP contribution in [-0.4, -0.2) is 41.1 Å². The van der Waals surface area contributed by atoms with Crippen molar-refractivity contribution in [3.05, 3.63) is 48.7 Å². The fraction of sp³-hybridized carbons (Fsp3) is 0.444. The molecule has 2 aromatic heterocycles. The first-order valence-electron chi connectivity index (χ1n) is 8.38. The summed E-state index contributed by atoms with van der Waals surface area (Å²) in [6, 6.07) is 7.91. The maximum atomic E-state index is 12.7. The molecule has 0 aromatic carbocycles. The van der Waals surface area contributed by atoms with Gasteiger partial charge in [0, 0.05) is 25.4 Å². The van der Waals surface area contributed by atoms with Gasteiger partial charge in [-0.25, -0.2) is 0 Å². The molecule has 0 radical (unpaired) electrons. The summed E-state index contributed by atoms with van der Waals surface area (Å²) in [5.41, 5.74) is 0.731. The molecule has 6 nitrogen and oxygen atoms in total. The van der Waals surface area contributed by atoms with Gasteiger partial charge in [-0.05, 0) is 37.1 Å². The first-order valence-corrected chi connectivity index (χ1v) is 8.38. The second kappa shape index (κ2) is 6.75. The van der Waals surface area contributed by atoms with Gasteiger partial charge in [0.2, 0.25) is 5.91 Å². The van der Waals surface area contributed by atoms with Gasteiger partial charge in [-0.15, -0.1) is 0 Å². The van der Waals surface area contributed by atoms with Crippen LogP contribution >= 0.6 is 0 Å². The monoisotopic (exact) mass is 327 g/mol. The highest BCUT2D eigenvalue weighted by Gasteiger charge is 2.42. The number of carbonyl (C=O) groups is 1. The van der Waals surface area contributed by atoms with Crippen LogP contribution in [0, 0.1) is 5.92 Å². The molecule has 126 valence electrons. The maximum absolute atomic E-state index is 12.7. The summed E-state index contributed by atoms with van der Waals surface area (Å²) in [7, 11) is 0. The molecule has 0 aliphatic carbocycles. The van der Waals surface area contributed by atoms with Crippen molar-refractivity contribution in [3.63, 3.8) is 0 Å². The van der Waals surface area contributed by atoms with Crippen molar-refractivity contribution in [2.45, 2.75) is 31.5 Å². The molecule has 2 saturated heterocycles. The number of piperidine rings is 1. The Hall–Kier alpha value is -2.18. The fourth-order valence-electron chi connectivity index (χ4n) is 3.71. The zero-order valence-corrected chi connectivity index (χ0v) is 13.4. The number of nitrogens with zero attached hydrogens (tertiary/aromatic N) is 2. The van der Waals surface area contributed by atoms with Gasteiger partial charge in [0.15, 0.2) is 0 Å². The summed E-state index contributed by atoms with van der Waals surface area (Å²) in [6.45, 7) is 2.20.